The quantitative estimate of drug-likeness (QED) is 0.0265. The molecule has 0 rings (SSSR count). The van der Waals surface area contributed by atoms with Crippen molar-refractivity contribution < 1.29 is 47.5 Å². The molecule has 0 saturated carbocycles. The van der Waals surface area contributed by atoms with Crippen LogP contribution in [0.15, 0.2) is 12.2 Å². The molecule has 0 amide bonds. The molecular weight excluding hydrogens is 613 g/mol. The van der Waals surface area contributed by atoms with E-state index in [1.54, 1.807) is 0 Å². The summed E-state index contributed by atoms with van der Waals surface area (Å²) in [4.78, 5) is 45.5. The Hall–Kier alpha value is -1.78. The number of esters is 2. The van der Waals surface area contributed by atoms with Gasteiger partial charge in [-0.15, -0.1) is 0 Å². The molecule has 3 atom stereocenters. The molecule has 0 aromatic heterocycles. The Balaban J connectivity index is 4.47. The molecule has 0 bridgehead atoms. The summed E-state index contributed by atoms with van der Waals surface area (Å²) in [5, 5.41) is 8.83. The number of rotatable bonds is 33. The summed E-state index contributed by atoms with van der Waals surface area (Å²) in [5.74, 6) is -2.39. The highest BCUT2D eigenvalue weighted by Crippen LogP contribution is 2.43. The van der Waals surface area contributed by atoms with Crippen molar-refractivity contribution in [1.82, 2.24) is 0 Å². The maximum absolute atomic E-state index is 12.5. The van der Waals surface area contributed by atoms with Crippen LogP contribution in [0.4, 0.5) is 0 Å². The Morgan fingerprint density at radius 1 is 0.652 bits per heavy atom. The van der Waals surface area contributed by atoms with Crippen molar-refractivity contribution in [2.24, 2.45) is 5.73 Å². The molecular formula is C34H64NO10P. The van der Waals surface area contributed by atoms with Gasteiger partial charge in [0.15, 0.2) is 6.10 Å². The Bertz CT molecular complexity index is 854. The van der Waals surface area contributed by atoms with Gasteiger partial charge in [0.1, 0.15) is 12.6 Å². The van der Waals surface area contributed by atoms with E-state index in [-0.39, 0.29) is 19.4 Å². The summed E-state index contributed by atoms with van der Waals surface area (Å²) in [5.41, 5.74) is 5.30. The second kappa shape index (κ2) is 30.5. The zero-order valence-electron chi connectivity index (χ0n) is 28.7. The molecule has 12 heteroatoms. The lowest BCUT2D eigenvalue weighted by Crippen LogP contribution is -2.34. The van der Waals surface area contributed by atoms with Crippen molar-refractivity contribution in [3.63, 3.8) is 0 Å². The molecule has 0 fully saturated rings. The highest BCUT2D eigenvalue weighted by atomic mass is 31.2. The first-order chi connectivity index (χ1) is 22.1. The molecule has 0 saturated heterocycles. The summed E-state index contributed by atoms with van der Waals surface area (Å²) in [7, 11) is -4.70. The lowest BCUT2D eigenvalue weighted by Gasteiger charge is -2.20. The molecule has 46 heavy (non-hydrogen) atoms. The first-order valence-electron chi connectivity index (χ1n) is 17.7. The number of nitrogens with two attached hydrogens (primary N) is 1. The monoisotopic (exact) mass is 677 g/mol. The van der Waals surface area contributed by atoms with Gasteiger partial charge in [-0.3, -0.25) is 23.4 Å². The molecule has 0 radical (unpaired) electrons. The molecule has 0 aromatic carbocycles. The van der Waals surface area contributed by atoms with Crippen molar-refractivity contribution >= 4 is 25.7 Å². The third kappa shape index (κ3) is 29.6. The minimum Gasteiger partial charge on any atom is -0.480 e. The summed E-state index contributed by atoms with van der Waals surface area (Å²) in [6, 6.07) is -1.52. The number of hydrogen-bond acceptors (Lipinski definition) is 9. The lowest BCUT2D eigenvalue weighted by atomic mass is 10.0. The normalized spacial score (nSPS) is 14.2. The van der Waals surface area contributed by atoms with Gasteiger partial charge in [0, 0.05) is 12.8 Å². The van der Waals surface area contributed by atoms with Crippen LogP contribution >= 0.6 is 7.82 Å². The van der Waals surface area contributed by atoms with Gasteiger partial charge >= 0.3 is 25.7 Å². The van der Waals surface area contributed by atoms with Crippen LogP contribution < -0.4 is 5.73 Å². The van der Waals surface area contributed by atoms with Crippen LogP contribution in [0.5, 0.6) is 0 Å². The zero-order chi connectivity index (χ0) is 34.3. The number of allylic oxidation sites excluding steroid dienone is 2. The average Bonchev–Trinajstić information content (AvgIpc) is 3.02. The minimum atomic E-state index is -4.70. The first kappa shape index (κ1) is 44.2. The predicted octanol–water partition coefficient (Wildman–Crippen LogP) is 8.17. The molecule has 0 spiro atoms. The Morgan fingerprint density at radius 2 is 1.13 bits per heavy atom. The van der Waals surface area contributed by atoms with E-state index < -0.39 is 51.1 Å². The van der Waals surface area contributed by atoms with Crippen LogP contribution in [-0.2, 0) is 37.5 Å². The molecule has 0 aliphatic heterocycles. The maximum Gasteiger partial charge on any atom is 0.472 e. The van der Waals surface area contributed by atoms with E-state index in [0.717, 1.165) is 64.2 Å². The van der Waals surface area contributed by atoms with Gasteiger partial charge in [-0.05, 0) is 32.1 Å². The molecule has 270 valence electrons. The van der Waals surface area contributed by atoms with Crippen LogP contribution in [0.1, 0.15) is 155 Å². The zero-order valence-corrected chi connectivity index (χ0v) is 29.6. The fourth-order valence-corrected chi connectivity index (χ4v) is 5.43. The van der Waals surface area contributed by atoms with E-state index >= 15 is 0 Å². The van der Waals surface area contributed by atoms with Crippen molar-refractivity contribution in [3.05, 3.63) is 12.2 Å². The lowest BCUT2D eigenvalue weighted by molar-refractivity contribution is -0.161. The van der Waals surface area contributed by atoms with E-state index in [4.69, 9.17) is 24.8 Å². The fourth-order valence-electron chi connectivity index (χ4n) is 4.65. The summed E-state index contributed by atoms with van der Waals surface area (Å²) < 4.78 is 32.4. The van der Waals surface area contributed by atoms with Gasteiger partial charge < -0.3 is 25.2 Å². The number of aliphatic carboxylic acids is 1. The van der Waals surface area contributed by atoms with Gasteiger partial charge in [-0.1, -0.05) is 122 Å². The SMILES string of the molecule is CCC/C=C\CCCCCCCC(=O)OC(COC(=O)CCCCCCCCCCCCCC)COP(=O)(O)OCC(N)C(=O)O. The number of carboxylic acids is 1. The van der Waals surface area contributed by atoms with Gasteiger partial charge in [-0.2, -0.15) is 0 Å². The number of phosphoric ester groups is 1. The molecule has 0 aliphatic rings. The number of carbonyl (C=O) groups is 3. The minimum absolute atomic E-state index is 0.153. The van der Waals surface area contributed by atoms with Crippen molar-refractivity contribution in [2.45, 2.75) is 167 Å². The van der Waals surface area contributed by atoms with Crippen molar-refractivity contribution in [1.29, 1.82) is 0 Å². The summed E-state index contributed by atoms with van der Waals surface area (Å²) in [6.07, 6.45) is 25.8. The van der Waals surface area contributed by atoms with Crippen LogP contribution in [-0.4, -0.2) is 59.9 Å². The maximum atomic E-state index is 12.5. The predicted molar refractivity (Wildman–Crippen MR) is 180 cm³/mol. The van der Waals surface area contributed by atoms with Gasteiger partial charge in [0.2, 0.25) is 0 Å². The molecule has 4 N–H and O–H groups in total. The van der Waals surface area contributed by atoms with E-state index in [9.17, 15) is 23.8 Å². The summed E-state index contributed by atoms with van der Waals surface area (Å²) in [6.45, 7) is 2.70. The van der Waals surface area contributed by atoms with Crippen molar-refractivity contribution in [3.8, 4) is 0 Å². The standard InChI is InChI=1S/C34H64NO10P/c1-3-5-7-9-11-13-15-16-18-19-21-23-25-32(36)42-27-30(28-43-46(40,41)44-29-31(35)34(38)39)45-33(37)26-24-22-20-17-14-12-10-8-6-4-2/h8,10,30-31H,3-7,9,11-29,35H2,1-2H3,(H,38,39)(H,40,41)/b10-8-. The van der Waals surface area contributed by atoms with E-state index in [1.807, 2.05) is 0 Å². The topological polar surface area (TPSA) is 172 Å². The second-order valence-electron chi connectivity index (χ2n) is 12.0. The Kier molecular flexibility index (Phi) is 29.4. The average molecular weight is 678 g/mol. The Morgan fingerprint density at radius 3 is 1.67 bits per heavy atom. The third-order valence-electron chi connectivity index (χ3n) is 7.49. The number of unbranched alkanes of at least 4 members (excludes halogenated alkanes) is 17. The molecule has 3 unspecified atom stereocenters. The van der Waals surface area contributed by atoms with E-state index in [2.05, 4.69) is 30.5 Å². The largest absolute Gasteiger partial charge is 0.480 e. The number of carboxylic acid groups (broad SMARTS) is 1. The summed E-state index contributed by atoms with van der Waals surface area (Å²) >= 11 is 0. The Labute approximate surface area is 278 Å². The first-order valence-corrected chi connectivity index (χ1v) is 19.2. The van der Waals surface area contributed by atoms with Crippen LogP contribution in [0.3, 0.4) is 0 Å². The number of phosphoric acid groups is 1. The van der Waals surface area contributed by atoms with E-state index in [1.165, 1.54) is 51.4 Å². The smallest absolute Gasteiger partial charge is 0.472 e. The van der Waals surface area contributed by atoms with Gasteiger partial charge in [-0.25, -0.2) is 4.57 Å². The molecule has 11 nitrogen and oxygen atoms in total. The number of hydrogen-bond donors (Lipinski definition) is 3. The second-order valence-corrected chi connectivity index (χ2v) is 13.5. The van der Waals surface area contributed by atoms with Crippen molar-refractivity contribution in [2.75, 3.05) is 19.8 Å². The number of carbonyl (C=O) groups excluding carboxylic acids is 2. The van der Waals surface area contributed by atoms with Crippen LogP contribution in [0, 0.1) is 0 Å². The molecule has 0 aromatic rings. The van der Waals surface area contributed by atoms with Crippen LogP contribution in [0.2, 0.25) is 0 Å². The molecule has 0 heterocycles. The highest BCUT2D eigenvalue weighted by molar-refractivity contribution is 7.47. The van der Waals surface area contributed by atoms with Gasteiger partial charge in [0.25, 0.3) is 0 Å². The highest BCUT2D eigenvalue weighted by Gasteiger charge is 2.28. The fraction of sp³-hybridized carbons (Fsp3) is 0.853. The van der Waals surface area contributed by atoms with Gasteiger partial charge in [0.05, 0.1) is 13.2 Å². The van der Waals surface area contributed by atoms with E-state index in [0.29, 0.717) is 12.8 Å². The third-order valence-corrected chi connectivity index (χ3v) is 8.45. The van der Waals surface area contributed by atoms with Crippen LogP contribution in [0.25, 0.3) is 0 Å². The number of ether oxygens (including phenoxy) is 2. The molecule has 0 aliphatic carbocycles.